The van der Waals surface area contributed by atoms with Crippen molar-refractivity contribution in [1.29, 1.82) is 0 Å². The summed E-state index contributed by atoms with van der Waals surface area (Å²) in [6, 6.07) is -1.02. The van der Waals surface area contributed by atoms with Gasteiger partial charge in [-0.1, -0.05) is 20.8 Å². The van der Waals surface area contributed by atoms with E-state index in [0.29, 0.717) is 13.0 Å². The van der Waals surface area contributed by atoms with Crippen LogP contribution in [-0.2, 0) is 28.6 Å². The molecule has 0 aromatic heterocycles. The Morgan fingerprint density at radius 1 is 1.24 bits per heavy atom. The maximum absolute atomic E-state index is 13.1. The molecule has 12 nitrogen and oxygen atoms in total. The summed E-state index contributed by atoms with van der Waals surface area (Å²) < 4.78 is 18.8. The van der Waals surface area contributed by atoms with Crippen LogP contribution in [0.5, 0.6) is 0 Å². The van der Waals surface area contributed by atoms with Crippen LogP contribution in [0.25, 0.3) is 0 Å². The Bertz CT molecular complexity index is 1010. The van der Waals surface area contributed by atoms with Gasteiger partial charge in [-0.2, -0.15) is 0 Å². The quantitative estimate of drug-likeness (QED) is 0.392. The summed E-state index contributed by atoms with van der Waals surface area (Å²) in [5.41, 5.74) is -1.52. The molecular weight excluding hydrogens is 544 g/mol. The number of carbonyl (C=O) groups is 3. The molecule has 12 heteroatoms. The topological polar surface area (TPSA) is 150 Å². The van der Waals surface area contributed by atoms with Crippen molar-refractivity contribution in [1.82, 2.24) is 15.1 Å². The summed E-state index contributed by atoms with van der Waals surface area (Å²) >= 11 is 0. The van der Waals surface area contributed by atoms with Gasteiger partial charge in [0.2, 0.25) is 11.8 Å². The minimum absolute atomic E-state index is 0.124. The molecule has 2 fully saturated rings. The Labute approximate surface area is 249 Å². The summed E-state index contributed by atoms with van der Waals surface area (Å²) in [7, 11) is 5.47. The number of aliphatic imine (C=N–C) groups is 1. The number of hydrogen-bond acceptors (Lipinski definition) is 10. The van der Waals surface area contributed by atoms with Crippen molar-refractivity contribution in [3.05, 3.63) is 12.2 Å². The molecule has 0 spiro atoms. The van der Waals surface area contributed by atoms with Crippen LogP contribution in [0.2, 0.25) is 0 Å². The molecule has 0 radical (unpaired) electrons. The van der Waals surface area contributed by atoms with Crippen molar-refractivity contribution < 1.29 is 38.8 Å². The van der Waals surface area contributed by atoms with E-state index in [2.05, 4.69) is 10.3 Å². The molecule has 3 aliphatic heterocycles. The number of ether oxygens (including phenoxy) is 3. The normalized spacial score (nSPS) is 40.6. The summed E-state index contributed by atoms with van der Waals surface area (Å²) in [5.74, 6) is -2.77. The molecule has 238 valence electrons. The average molecular weight is 595 g/mol. The Hall–Kier alpha value is -2.38. The Morgan fingerprint density at radius 2 is 1.93 bits per heavy atom. The van der Waals surface area contributed by atoms with Crippen LogP contribution in [0.1, 0.15) is 53.9 Å². The maximum atomic E-state index is 13.1. The number of esters is 1. The monoisotopic (exact) mass is 594 g/mol. The smallest absolute Gasteiger partial charge is 0.335 e. The van der Waals surface area contributed by atoms with E-state index >= 15 is 0 Å². The predicted octanol–water partition coefficient (Wildman–Crippen LogP) is 0.746. The zero-order valence-electron chi connectivity index (χ0n) is 26.2. The van der Waals surface area contributed by atoms with Gasteiger partial charge in [0.1, 0.15) is 0 Å². The molecule has 0 aromatic rings. The standard InChI is InChI=1S/C30H50N4O8/c1-17-15-30(5,39)26(19(3)24(36)20(4)27(37)32-13-11-23(35)34(8)16-17)42-29-25(22(33(6)7)14-18(2)40-29)41-28(38)21-10-9-12-31-21/h9-10,12,17-22,24-26,29,36,39H,11,13-16H2,1-8H3,(H,32,37)/t17-,18-,19+,20?,21?,22+,24+,25-,26-,29?,30-/m1/s1. The number of aliphatic hydroxyl groups excluding tert-OH is 1. The third-order valence-corrected chi connectivity index (χ3v) is 8.62. The lowest BCUT2D eigenvalue weighted by molar-refractivity contribution is -0.301. The van der Waals surface area contributed by atoms with E-state index in [1.165, 1.54) is 0 Å². The van der Waals surface area contributed by atoms with E-state index in [9.17, 15) is 24.6 Å². The zero-order chi connectivity index (χ0) is 31.4. The average Bonchev–Trinajstić information content (AvgIpc) is 3.45. The number of nitrogens with zero attached hydrogens (tertiary/aromatic N) is 3. The molecular formula is C30H50N4O8. The first-order valence-electron chi connectivity index (χ1n) is 14.9. The number of likely N-dealkylation sites (N-methyl/N-ethyl adjacent to an activating group) is 1. The van der Waals surface area contributed by atoms with Gasteiger partial charge in [0.05, 0.1) is 35.9 Å². The molecule has 0 aromatic carbocycles. The first-order valence-corrected chi connectivity index (χ1v) is 14.9. The second kappa shape index (κ2) is 14.4. The highest BCUT2D eigenvalue weighted by Gasteiger charge is 2.49. The molecule has 3 heterocycles. The van der Waals surface area contributed by atoms with Crippen molar-refractivity contribution in [2.24, 2.45) is 22.7 Å². The number of carbonyl (C=O) groups excluding carboxylic acids is 3. The van der Waals surface area contributed by atoms with E-state index in [0.717, 1.165) is 0 Å². The minimum Gasteiger partial charge on any atom is -0.453 e. The lowest BCUT2D eigenvalue weighted by Gasteiger charge is -2.47. The Morgan fingerprint density at radius 3 is 2.55 bits per heavy atom. The van der Waals surface area contributed by atoms with Gasteiger partial charge < -0.3 is 39.5 Å². The van der Waals surface area contributed by atoms with Crippen LogP contribution in [0.15, 0.2) is 17.1 Å². The van der Waals surface area contributed by atoms with Crippen LogP contribution < -0.4 is 5.32 Å². The first-order chi connectivity index (χ1) is 19.6. The molecule has 0 saturated carbocycles. The van der Waals surface area contributed by atoms with Gasteiger partial charge in [-0.3, -0.25) is 14.6 Å². The van der Waals surface area contributed by atoms with Gasteiger partial charge >= 0.3 is 5.97 Å². The Kier molecular flexibility index (Phi) is 11.7. The third kappa shape index (κ3) is 8.37. The number of aliphatic hydroxyl groups is 2. The molecule has 42 heavy (non-hydrogen) atoms. The SMILES string of the molecule is CC1C(=O)NCCC(=O)N(C)C[C@H](C)C[C@@](C)(O)[C@H](OC2O[C@H](C)C[C@H](N(C)C)[C@H]2OC(=O)C2C=CC=N2)[C@@H](C)[C@@H]1O. The van der Waals surface area contributed by atoms with Crippen molar-refractivity contribution in [3.63, 3.8) is 0 Å². The van der Waals surface area contributed by atoms with E-state index in [-0.39, 0.29) is 43.4 Å². The number of rotatable bonds is 5. The van der Waals surface area contributed by atoms with Gasteiger partial charge in [-0.15, -0.1) is 0 Å². The highest BCUT2D eigenvalue weighted by molar-refractivity contribution is 5.86. The molecule has 3 unspecified atom stereocenters. The van der Waals surface area contributed by atoms with Gasteiger partial charge in [-0.05, 0) is 58.9 Å². The first kappa shape index (κ1) is 34.1. The minimum atomic E-state index is -1.52. The van der Waals surface area contributed by atoms with Crippen LogP contribution in [0.4, 0.5) is 0 Å². The number of hydrogen-bond donors (Lipinski definition) is 3. The Balaban J connectivity index is 1.97. The van der Waals surface area contributed by atoms with Crippen molar-refractivity contribution in [2.45, 2.75) is 102 Å². The van der Waals surface area contributed by atoms with Crippen molar-refractivity contribution in [3.8, 4) is 0 Å². The van der Waals surface area contributed by atoms with Gasteiger partial charge in [0.25, 0.3) is 0 Å². The highest BCUT2D eigenvalue weighted by atomic mass is 16.7. The summed E-state index contributed by atoms with van der Waals surface area (Å²) in [4.78, 5) is 46.3. The molecule has 3 aliphatic rings. The lowest BCUT2D eigenvalue weighted by atomic mass is 9.77. The summed E-state index contributed by atoms with van der Waals surface area (Å²) in [6.07, 6.45) is 1.41. The molecule has 3 rings (SSSR count). The van der Waals surface area contributed by atoms with E-state index < -0.39 is 60.0 Å². The van der Waals surface area contributed by atoms with Gasteiger partial charge in [0, 0.05) is 38.7 Å². The highest BCUT2D eigenvalue weighted by Crippen LogP contribution is 2.36. The van der Waals surface area contributed by atoms with E-state index in [1.807, 2.05) is 32.8 Å². The summed E-state index contributed by atoms with van der Waals surface area (Å²) in [6.45, 7) is 9.35. The number of allylic oxidation sites excluding steroid dienone is 1. The number of nitrogens with one attached hydrogen (secondary N) is 1. The molecule has 2 saturated heterocycles. The molecule has 0 bridgehead atoms. The van der Waals surface area contributed by atoms with E-state index in [1.54, 1.807) is 51.1 Å². The summed E-state index contributed by atoms with van der Waals surface area (Å²) in [5, 5.41) is 26.1. The van der Waals surface area contributed by atoms with Crippen molar-refractivity contribution in [2.75, 3.05) is 34.2 Å². The van der Waals surface area contributed by atoms with E-state index in [4.69, 9.17) is 14.2 Å². The van der Waals surface area contributed by atoms with Crippen LogP contribution in [0, 0.1) is 17.8 Å². The maximum Gasteiger partial charge on any atom is 0.335 e. The van der Waals surface area contributed by atoms with Crippen LogP contribution in [0.3, 0.4) is 0 Å². The third-order valence-electron chi connectivity index (χ3n) is 8.62. The molecule has 0 aliphatic carbocycles. The fourth-order valence-electron chi connectivity index (χ4n) is 6.33. The fourth-order valence-corrected chi connectivity index (χ4v) is 6.33. The molecule has 11 atom stereocenters. The van der Waals surface area contributed by atoms with Crippen LogP contribution >= 0.6 is 0 Å². The second-order valence-corrected chi connectivity index (χ2v) is 12.8. The lowest BCUT2D eigenvalue weighted by Crippen LogP contribution is -2.60. The van der Waals surface area contributed by atoms with Crippen LogP contribution in [-0.4, -0.2) is 127 Å². The van der Waals surface area contributed by atoms with Gasteiger partial charge in [-0.25, -0.2) is 4.79 Å². The molecule has 2 amide bonds. The predicted molar refractivity (Wildman–Crippen MR) is 157 cm³/mol. The fraction of sp³-hybridized carbons (Fsp3) is 0.800. The molecule has 3 N–H and O–H groups in total. The zero-order valence-corrected chi connectivity index (χ0v) is 26.2. The number of amides is 2. The van der Waals surface area contributed by atoms with Gasteiger partial charge in [0.15, 0.2) is 18.4 Å². The largest absolute Gasteiger partial charge is 0.453 e. The second-order valence-electron chi connectivity index (χ2n) is 12.8. The van der Waals surface area contributed by atoms with Crippen molar-refractivity contribution >= 4 is 24.0 Å².